The van der Waals surface area contributed by atoms with Crippen LogP contribution in [0.5, 0.6) is 5.75 Å². The molecule has 0 unspecified atom stereocenters. The molecule has 0 radical (unpaired) electrons. The zero-order valence-corrected chi connectivity index (χ0v) is 11.8. The summed E-state index contributed by atoms with van der Waals surface area (Å²) in [5, 5.41) is 7.12. The molecule has 0 fully saturated rings. The summed E-state index contributed by atoms with van der Waals surface area (Å²) < 4.78 is 6.57. The summed E-state index contributed by atoms with van der Waals surface area (Å²) in [4.78, 5) is 16.4. The molecule has 2 aromatic heterocycles. The van der Waals surface area contributed by atoms with Gasteiger partial charge in [0.15, 0.2) is 5.65 Å². The summed E-state index contributed by atoms with van der Waals surface area (Å²) in [5.74, 6) is 0.334. The average molecular weight is 303 g/mol. The van der Waals surface area contributed by atoms with E-state index in [1.54, 1.807) is 43.5 Å². The van der Waals surface area contributed by atoms with Crippen LogP contribution in [0.1, 0.15) is 10.5 Å². The normalized spacial score (nSPS) is 10.6. The number of imidazole rings is 1. The van der Waals surface area contributed by atoms with Crippen molar-refractivity contribution in [3.63, 3.8) is 0 Å². The molecule has 0 saturated carbocycles. The lowest BCUT2D eigenvalue weighted by atomic mass is 10.3. The van der Waals surface area contributed by atoms with Crippen LogP contribution in [0.4, 0.5) is 5.69 Å². The molecule has 0 aliphatic carbocycles. The van der Waals surface area contributed by atoms with E-state index in [0.29, 0.717) is 22.2 Å². The van der Waals surface area contributed by atoms with Gasteiger partial charge in [0.1, 0.15) is 16.6 Å². The number of hydrogen-bond acceptors (Lipinski definition) is 4. The van der Waals surface area contributed by atoms with Gasteiger partial charge in [0.05, 0.1) is 13.3 Å². The van der Waals surface area contributed by atoms with E-state index >= 15 is 0 Å². The number of amides is 1. The van der Waals surface area contributed by atoms with Gasteiger partial charge in [0.2, 0.25) is 0 Å². The quantitative estimate of drug-likeness (QED) is 0.807. The molecule has 6 nitrogen and oxygen atoms in total. The summed E-state index contributed by atoms with van der Waals surface area (Å²) in [7, 11) is 1.57. The van der Waals surface area contributed by atoms with Crippen molar-refractivity contribution in [1.82, 2.24) is 14.6 Å². The largest absolute Gasteiger partial charge is 0.497 e. The summed E-state index contributed by atoms with van der Waals surface area (Å²) in [6.07, 6.45) is 1.52. The maximum absolute atomic E-state index is 12.2. The lowest BCUT2D eigenvalue weighted by Gasteiger charge is -2.05. The van der Waals surface area contributed by atoms with Crippen molar-refractivity contribution in [2.75, 3.05) is 12.4 Å². The van der Waals surface area contributed by atoms with E-state index in [4.69, 9.17) is 16.3 Å². The van der Waals surface area contributed by atoms with Gasteiger partial charge in [-0.2, -0.15) is 5.10 Å². The molecule has 1 amide bonds. The number of ether oxygens (including phenoxy) is 1. The molecule has 1 aromatic carbocycles. The number of rotatable bonds is 3. The lowest BCUT2D eigenvalue weighted by molar-refractivity contribution is 0.102. The maximum Gasteiger partial charge on any atom is 0.275 e. The van der Waals surface area contributed by atoms with Crippen molar-refractivity contribution >= 4 is 28.8 Å². The Balaban J connectivity index is 1.86. The number of nitrogens with one attached hydrogen (secondary N) is 1. The third kappa shape index (κ3) is 2.80. The number of fused-ring (bicyclic) bond motifs is 1. The molecule has 3 rings (SSSR count). The monoisotopic (exact) mass is 302 g/mol. The summed E-state index contributed by atoms with van der Waals surface area (Å²) in [6.45, 7) is 0. The van der Waals surface area contributed by atoms with Crippen molar-refractivity contribution in [2.24, 2.45) is 0 Å². The highest BCUT2D eigenvalue weighted by Crippen LogP contribution is 2.17. The van der Waals surface area contributed by atoms with E-state index in [1.807, 2.05) is 0 Å². The predicted octanol–water partition coefficient (Wildman–Crippen LogP) is 2.64. The van der Waals surface area contributed by atoms with E-state index in [9.17, 15) is 4.79 Å². The molecule has 0 aliphatic rings. The minimum absolute atomic E-state index is 0.257. The first-order valence-corrected chi connectivity index (χ1v) is 6.51. The first-order valence-electron chi connectivity index (χ1n) is 6.13. The molecule has 2 heterocycles. The van der Waals surface area contributed by atoms with Crippen molar-refractivity contribution in [3.8, 4) is 5.75 Å². The second kappa shape index (κ2) is 5.41. The molecular weight excluding hydrogens is 292 g/mol. The average Bonchev–Trinajstić information content (AvgIpc) is 2.90. The van der Waals surface area contributed by atoms with Crippen LogP contribution in [0.3, 0.4) is 0 Å². The molecule has 1 N–H and O–H groups in total. The fourth-order valence-electron chi connectivity index (χ4n) is 1.86. The summed E-state index contributed by atoms with van der Waals surface area (Å²) >= 11 is 5.80. The van der Waals surface area contributed by atoms with Gasteiger partial charge in [0, 0.05) is 11.8 Å². The molecule has 0 bridgehead atoms. The molecule has 0 atom stereocenters. The molecule has 21 heavy (non-hydrogen) atoms. The van der Waals surface area contributed by atoms with Gasteiger partial charge in [-0.05, 0) is 24.3 Å². The first-order chi connectivity index (χ1) is 10.2. The van der Waals surface area contributed by atoms with Crippen molar-refractivity contribution < 1.29 is 9.53 Å². The minimum Gasteiger partial charge on any atom is -0.497 e. The van der Waals surface area contributed by atoms with Gasteiger partial charge in [0.25, 0.3) is 5.91 Å². The van der Waals surface area contributed by atoms with Crippen LogP contribution in [-0.2, 0) is 0 Å². The fraction of sp³-hybridized carbons (Fsp3) is 0.0714. The molecule has 7 heteroatoms. The van der Waals surface area contributed by atoms with E-state index in [2.05, 4.69) is 15.4 Å². The Kier molecular flexibility index (Phi) is 3.45. The number of aromatic nitrogens is 3. The molecular formula is C14H11ClN4O2. The standard InChI is InChI=1S/C14H11ClN4O2/c1-21-10-4-2-3-9(7-10)16-14(20)11-8-19-13(17-11)6-5-12(15)18-19/h2-8H,1H3,(H,16,20). The Bertz CT molecular complexity index is 816. The molecule has 0 spiro atoms. The number of anilines is 1. The van der Waals surface area contributed by atoms with Crippen LogP contribution in [0.25, 0.3) is 5.65 Å². The van der Waals surface area contributed by atoms with Crippen molar-refractivity contribution in [1.29, 1.82) is 0 Å². The molecule has 3 aromatic rings. The number of benzene rings is 1. The van der Waals surface area contributed by atoms with Crippen LogP contribution in [-0.4, -0.2) is 27.6 Å². The van der Waals surface area contributed by atoms with Gasteiger partial charge in [-0.3, -0.25) is 4.79 Å². The third-order valence-corrected chi connectivity index (χ3v) is 3.05. The minimum atomic E-state index is -0.329. The number of hydrogen-bond donors (Lipinski definition) is 1. The number of carbonyl (C=O) groups excluding carboxylic acids is 1. The predicted molar refractivity (Wildman–Crippen MR) is 78.9 cm³/mol. The molecule has 0 aliphatic heterocycles. The van der Waals surface area contributed by atoms with Gasteiger partial charge >= 0.3 is 0 Å². The number of methoxy groups -OCH3 is 1. The number of halogens is 1. The number of carbonyl (C=O) groups is 1. The van der Waals surface area contributed by atoms with Crippen LogP contribution < -0.4 is 10.1 Å². The third-order valence-electron chi connectivity index (χ3n) is 2.85. The zero-order valence-electron chi connectivity index (χ0n) is 11.1. The van der Waals surface area contributed by atoms with E-state index in [0.717, 1.165) is 0 Å². The zero-order chi connectivity index (χ0) is 14.8. The van der Waals surface area contributed by atoms with Crippen LogP contribution >= 0.6 is 11.6 Å². The maximum atomic E-state index is 12.2. The van der Waals surface area contributed by atoms with Gasteiger partial charge in [-0.25, -0.2) is 9.50 Å². The van der Waals surface area contributed by atoms with E-state index in [-0.39, 0.29) is 11.6 Å². The second-order valence-electron chi connectivity index (χ2n) is 4.27. The van der Waals surface area contributed by atoms with Crippen LogP contribution in [0.2, 0.25) is 5.15 Å². The Morgan fingerprint density at radius 1 is 1.33 bits per heavy atom. The van der Waals surface area contributed by atoms with E-state index < -0.39 is 0 Å². The molecule has 0 saturated heterocycles. The highest BCUT2D eigenvalue weighted by molar-refractivity contribution is 6.29. The topological polar surface area (TPSA) is 68.5 Å². The summed E-state index contributed by atoms with van der Waals surface area (Å²) in [5.41, 5.74) is 1.44. The first kappa shape index (κ1) is 13.4. The van der Waals surface area contributed by atoms with Gasteiger partial charge in [-0.1, -0.05) is 17.7 Å². The van der Waals surface area contributed by atoms with Crippen LogP contribution in [0, 0.1) is 0 Å². The highest BCUT2D eigenvalue weighted by atomic mass is 35.5. The Hall–Kier alpha value is -2.60. The highest BCUT2D eigenvalue weighted by Gasteiger charge is 2.12. The smallest absolute Gasteiger partial charge is 0.275 e. The Labute approximate surface area is 125 Å². The van der Waals surface area contributed by atoms with Gasteiger partial charge < -0.3 is 10.1 Å². The lowest BCUT2D eigenvalue weighted by Crippen LogP contribution is -2.12. The van der Waals surface area contributed by atoms with Crippen molar-refractivity contribution in [3.05, 3.63) is 53.4 Å². The SMILES string of the molecule is COc1cccc(NC(=O)c2cn3nc(Cl)ccc3n2)c1. The Morgan fingerprint density at radius 2 is 2.19 bits per heavy atom. The number of nitrogens with zero attached hydrogens (tertiary/aromatic N) is 3. The van der Waals surface area contributed by atoms with Gasteiger partial charge in [-0.15, -0.1) is 0 Å². The van der Waals surface area contributed by atoms with Crippen LogP contribution in [0.15, 0.2) is 42.6 Å². The second-order valence-corrected chi connectivity index (χ2v) is 4.66. The van der Waals surface area contributed by atoms with E-state index in [1.165, 1.54) is 10.7 Å². The fourth-order valence-corrected chi connectivity index (χ4v) is 2.01. The Morgan fingerprint density at radius 3 is 3.00 bits per heavy atom. The molecule has 106 valence electrons. The summed E-state index contributed by atoms with van der Waals surface area (Å²) in [6, 6.07) is 10.4. The van der Waals surface area contributed by atoms with Crippen molar-refractivity contribution in [2.45, 2.75) is 0 Å².